The van der Waals surface area contributed by atoms with Gasteiger partial charge in [-0.2, -0.15) is 0 Å². The first-order chi connectivity index (χ1) is 24.8. The van der Waals surface area contributed by atoms with E-state index < -0.39 is 5.41 Å². The first-order valence-corrected chi connectivity index (χ1v) is 17.2. The van der Waals surface area contributed by atoms with Gasteiger partial charge in [-0.25, -0.2) is 15.0 Å². The largest absolute Gasteiger partial charge is 0.211 e. The molecule has 0 N–H and O–H groups in total. The third kappa shape index (κ3) is 4.20. The number of benzene rings is 7. The fourth-order valence-electron chi connectivity index (χ4n) is 8.38. The quantitative estimate of drug-likeness (QED) is 0.188. The van der Waals surface area contributed by atoms with Crippen molar-refractivity contribution in [1.82, 2.24) is 15.0 Å². The lowest BCUT2D eigenvalue weighted by Crippen LogP contribution is -2.44. The maximum Gasteiger partial charge on any atom is 0.164 e. The minimum Gasteiger partial charge on any atom is -0.211 e. The first-order valence-electron chi connectivity index (χ1n) is 17.2. The minimum atomic E-state index is -0.732. The highest BCUT2D eigenvalue weighted by Crippen LogP contribution is 2.61. The summed E-state index contributed by atoms with van der Waals surface area (Å²) in [7, 11) is 0. The summed E-state index contributed by atoms with van der Waals surface area (Å²) >= 11 is 0. The Labute approximate surface area is 291 Å². The van der Waals surface area contributed by atoms with Gasteiger partial charge < -0.3 is 0 Å². The van der Waals surface area contributed by atoms with Crippen molar-refractivity contribution in [1.29, 1.82) is 0 Å². The second-order valence-corrected chi connectivity index (χ2v) is 13.1. The average molecular weight is 638 g/mol. The number of hydrogen-bond donors (Lipinski definition) is 0. The summed E-state index contributed by atoms with van der Waals surface area (Å²) < 4.78 is 0. The van der Waals surface area contributed by atoms with Crippen LogP contribution in [0.5, 0.6) is 0 Å². The Kier molecular flexibility index (Phi) is 6.47. The molecule has 3 heteroatoms. The molecule has 0 aliphatic heterocycles. The van der Waals surface area contributed by atoms with Crippen LogP contribution in [-0.4, -0.2) is 15.0 Å². The van der Waals surface area contributed by atoms with Crippen molar-refractivity contribution >= 4 is 0 Å². The van der Waals surface area contributed by atoms with Crippen molar-refractivity contribution in [3.63, 3.8) is 0 Å². The monoisotopic (exact) mass is 637 g/mol. The molecule has 0 amide bonds. The van der Waals surface area contributed by atoms with Gasteiger partial charge in [0.05, 0.1) is 0 Å². The van der Waals surface area contributed by atoms with E-state index in [1.807, 2.05) is 6.07 Å². The highest BCUT2D eigenvalue weighted by atomic mass is 15.1. The Morgan fingerprint density at radius 2 is 0.800 bits per heavy atom. The predicted octanol–water partition coefficient (Wildman–Crippen LogP) is 10.7. The van der Waals surface area contributed by atoms with E-state index >= 15 is 0 Å². The third-order valence-corrected chi connectivity index (χ3v) is 10.5. The van der Waals surface area contributed by atoms with Crippen molar-refractivity contribution in [2.75, 3.05) is 0 Å². The zero-order valence-corrected chi connectivity index (χ0v) is 27.2. The van der Waals surface area contributed by atoms with Crippen LogP contribution in [0.1, 0.15) is 45.1 Å². The molecule has 3 aliphatic rings. The predicted molar refractivity (Wildman–Crippen MR) is 201 cm³/mol. The van der Waals surface area contributed by atoms with Crippen LogP contribution in [-0.2, 0) is 5.41 Å². The summed E-state index contributed by atoms with van der Waals surface area (Å²) in [4.78, 5) is 16.4. The highest BCUT2D eigenvalue weighted by molar-refractivity contribution is 5.82. The number of nitrogens with zero attached hydrogens (tertiary/aromatic N) is 3. The van der Waals surface area contributed by atoms with Crippen LogP contribution in [0, 0.1) is 0 Å². The SMILES string of the molecule is c1ccc(-c2cccc(-c3nc(-c4ccccc4-c4ccccc4)nc(C45c6ccccc6C(c6ccccc64)c4ccccc45)n3)c2)cc1. The lowest BCUT2D eigenvalue weighted by Gasteiger charge is -2.49. The topological polar surface area (TPSA) is 38.7 Å². The molecule has 0 saturated carbocycles. The lowest BCUT2D eigenvalue weighted by atomic mass is 9.52. The fourth-order valence-corrected chi connectivity index (χ4v) is 8.38. The van der Waals surface area contributed by atoms with Crippen LogP contribution in [0.3, 0.4) is 0 Å². The third-order valence-electron chi connectivity index (χ3n) is 10.5. The van der Waals surface area contributed by atoms with Gasteiger partial charge in [-0.3, -0.25) is 0 Å². The van der Waals surface area contributed by atoms with Crippen LogP contribution >= 0.6 is 0 Å². The van der Waals surface area contributed by atoms with E-state index in [0.717, 1.165) is 39.2 Å². The number of rotatable bonds is 5. The van der Waals surface area contributed by atoms with Gasteiger partial charge in [-0.05, 0) is 61.7 Å². The summed E-state index contributed by atoms with van der Waals surface area (Å²) in [5.74, 6) is 2.20. The summed E-state index contributed by atoms with van der Waals surface area (Å²) in [5.41, 5.74) is 13.3. The molecule has 0 unspecified atom stereocenters. The Bertz CT molecular complexity index is 2440. The smallest absolute Gasteiger partial charge is 0.164 e. The molecule has 3 nitrogen and oxygen atoms in total. The molecule has 11 rings (SSSR count). The Morgan fingerprint density at radius 1 is 0.340 bits per heavy atom. The van der Waals surface area contributed by atoms with Crippen molar-refractivity contribution < 1.29 is 0 Å². The average Bonchev–Trinajstić information content (AvgIpc) is 3.21. The molecular formula is C47H31N3. The van der Waals surface area contributed by atoms with E-state index in [2.05, 4.69) is 176 Å². The van der Waals surface area contributed by atoms with Gasteiger partial charge in [0.1, 0.15) is 5.41 Å². The van der Waals surface area contributed by atoms with Crippen LogP contribution in [0.4, 0.5) is 0 Å². The summed E-state index contributed by atoms with van der Waals surface area (Å²) in [6, 6.07) is 64.7. The molecule has 1 aromatic heterocycles. The van der Waals surface area contributed by atoms with Crippen LogP contribution in [0.2, 0.25) is 0 Å². The zero-order chi connectivity index (χ0) is 33.1. The first kappa shape index (κ1) is 28.6. The Morgan fingerprint density at radius 3 is 1.42 bits per heavy atom. The highest BCUT2D eigenvalue weighted by Gasteiger charge is 2.54. The van der Waals surface area contributed by atoms with Gasteiger partial charge in [-0.15, -0.1) is 0 Å². The van der Waals surface area contributed by atoms with Gasteiger partial charge in [0.15, 0.2) is 17.5 Å². The molecule has 234 valence electrons. The van der Waals surface area contributed by atoms with E-state index in [9.17, 15) is 0 Å². The van der Waals surface area contributed by atoms with Crippen molar-refractivity contribution in [3.8, 4) is 45.0 Å². The molecule has 0 saturated heterocycles. The van der Waals surface area contributed by atoms with Gasteiger partial charge in [0.25, 0.3) is 0 Å². The fraction of sp³-hybridized carbons (Fsp3) is 0.0426. The summed E-state index contributed by atoms with van der Waals surface area (Å²) in [6.45, 7) is 0. The molecule has 0 fully saturated rings. The molecule has 0 spiro atoms. The standard InChI is InChI=1S/C47H31N3/c1-3-16-31(17-4-1)33-20-15-21-34(30-33)44-48-45(36-23-8-7-22-35(36)32-18-5-2-6-19-32)50-46(49-44)47-40-27-12-9-24-37(40)43(38-25-10-13-28-41(38)47)39-26-11-14-29-42(39)47/h1-30,43H. The summed E-state index contributed by atoms with van der Waals surface area (Å²) in [5, 5.41) is 0. The van der Waals surface area contributed by atoms with Crippen LogP contribution in [0.25, 0.3) is 45.0 Å². The van der Waals surface area contributed by atoms with E-state index in [-0.39, 0.29) is 5.92 Å². The molecule has 3 aliphatic carbocycles. The minimum absolute atomic E-state index is 0.155. The Balaban J connectivity index is 1.31. The van der Waals surface area contributed by atoms with Crippen molar-refractivity contribution in [3.05, 3.63) is 221 Å². The van der Waals surface area contributed by atoms with E-state index in [1.54, 1.807) is 0 Å². The number of aromatic nitrogens is 3. The van der Waals surface area contributed by atoms with Gasteiger partial charge >= 0.3 is 0 Å². The molecular weight excluding hydrogens is 607 g/mol. The molecule has 0 atom stereocenters. The van der Waals surface area contributed by atoms with Gasteiger partial charge in [0.2, 0.25) is 0 Å². The van der Waals surface area contributed by atoms with Crippen LogP contribution in [0.15, 0.2) is 182 Å². The maximum absolute atomic E-state index is 5.56. The molecule has 0 radical (unpaired) electrons. The second-order valence-electron chi connectivity index (χ2n) is 13.1. The van der Waals surface area contributed by atoms with Gasteiger partial charge in [-0.1, -0.05) is 176 Å². The van der Waals surface area contributed by atoms with Crippen LogP contribution < -0.4 is 0 Å². The van der Waals surface area contributed by atoms with E-state index in [0.29, 0.717) is 11.6 Å². The second kappa shape index (κ2) is 11.3. The van der Waals surface area contributed by atoms with E-state index in [4.69, 9.17) is 15.0 Å². The Hall–Kier alpha value is -6.45. The van der Waals surface area contributed by atoms with Crippen molar-refractivity contribution in [2.24, 2.45) is 0 Å². The van der Waals surface area contributed by atoms with E-state index in [1.165, 1.54) is 33.4 Å². The number of hydrogen-bond acceptors (Lipinski definition) is 3. The zero-order valence-electron chi connectivity index (χ0n) is 27.2. The molecule has 7 aromatic carbocycles. The maximum atomic E-state index is 5.56. The molecule has 1 heterocycles. The molecule has 2 bridgehead atoms. The molecule has 8 aromatic rings. The lowest BCUT2D eigenvalue weighted by molar-refractivity contribution is 0.591. The normalized spacial score (nSPS) is 16.7. The summed E-state index contributed by atoms with van der Waals surface area (Å²) in [6.07, 6.45) is 0. The molecule has 50 heavy (non-hydrogen) atoms. The van der Waals surface area contributed by atoms with Gasteiger partial charge in [0, 0.05) is 17.0 Å². The van der Waals surface area contributed by atoms with Crippen molar-refractivity contribution in [2.45, 2.75) is 11.3 Å².